The largest absolute Gasteiger partial charge is 0.491 e. The number of carbonyl (C=O) groups is 2. The van der Waals surface area contributed by atoms with Gasteiger partial charge in [-0.05, 0) is 72.7 Å². The van der Waals surface area contributed by atoms with Gasteiger partial charge in [-0.2, -0.15) is 0 Å². The summed E-state index contributed by atoms with van der Waals surface area (Å²) in [6.07, 6.45) is 3.29. The molecule has 0 spiro atoms. The van der Waals surface area contributed by atoms with Crippen LogP contribution in [0.25, 0.3) is 0 Å². The molecule has 28 heavy (non-hydrogen) atoms. The van der Waals surface area contributed by atoms with E-state index in [1.165, 1.54) is 5.57 Å². The highest BCUT2D eigenvalue weighted by Crippen LogP contribution is 2.45. The Labute approximate surface area is 166 Å². The third kappa shape index (κ3) is 3.35. The molecule has 0 aromatic heterocycles. The number of hydrogen-bond donors (Lipinski definition) is 2. The minimum atomic E-state index is -0.888. The molecular weight excluding hydrogens is 353 g/mol. The van der Waals surface area contributed by atoms with Gasteiger partial charge >= 0.3 is 7.12 Å². The van der Waals surface area contributed by atoms with Crippen molar-refractivity contribution >= 4 is 30.0 Å². The zero-order valence-corrected chi connectivity index (χ0v) is 16.5. The Balaban J connectivity index is 1.48. The van der Waals surface area contributed by atoms with Gasteiger partial charge in [-0.25, -0.2) is 0 Å². The number of nitrogens with one attached hydrogen (secondary N) is 1. The molecule has 3 atom stereocenters. The van der Waals surface area contributed by atoms with E-state index >= 15 is 0 Å². The smallest absolute Gasteiger partial charge is 0.423 e. The number of carbonyl (C=O) groups excluding carboxylic acids is 2. The van der Waals surface area contributed by atoms with Crippen LogP contribution in [0.4, 0.5) is 5.69 Å². The minimum absolute atomic E-state index is 0.0582. The van der Waals surface area contributed by atoms with Crippen LogP contribution in [-0.4, -0.2) is 23.8 Å². The topological polar surface area (TPSA) is 75.6 Å². The first-order valence-electron chi connectivity index (χ1n) is 10.0. The van der Waals surface area contributed by atoms with Crippen molar-refractivity contribution in [2.24, 2.45) is 17.8 Å². The van der Waals surface area contributed by atoms with Crippen molar-refractivity contribution in [3.63, 3.8) is 0 Å². The summed E-state index contributed by atoms with van der Waals surface area (Å²) in [7, 11) is -0.888. The quantitative estimate of drug-likeness (QED) is 0.626. The van der Waals surface area contributed by atoms with Gasteiger partial charge in [0.05, 0.1) is 6.61 Å². The van der Waals surface area contributed by atoms with E-state index in [9.17, 15) is 14.6 Å². The van der Waals surface area contributed by atoms with Crippen molar-refractivity contribution in [2.45, 2.75) is 46.1 Å². The fraction of sp³-hybridized carbons (Fsp3) is 0.455. The lowest BCUT2D eigenvalue weighted by molar-refractivity contribution is -0.115. The fourth-order valence-electron chi connectivity index (χ4n) is 4.82. The first-order valence-corrected chi connectivity index (χ1v) is 10.0. The molecule has 6 heteroatoms. The Bertz CT molecular complexity index is 891. The molecule has 0 saturated heterocycles. The average Bonchev–Trinajstić information content (AvgIpc) is 3.12. The van der Waals surface area contributed by atoms with Gasteiger partial charge in [0.1, 0.15) is 0 Å². The molecule has 2 aliphatic carbocycles. The fourth-order valence-corrected chi connectivity index (χ4v) is 4.82. The highest BCUT2D eigenvalue weighted by molar-refractivity contribution is 6.61. The molecule has 0 bridgehead atoms. The van der Waals surface area contributed by atoms with Crippen molar-refractivity contribution in [3.8, 4) is 0 Å². The van der Waals surface area contributed by atoms with Gasteiger partial charge in [0.25, 0.3) is 5.91 Å². The normalized spacial score (nSPS) is 26.8. The lowest BCUT2D eigenvalue weighted by Crippen LogP contribution is -2.28. The maximum atomic E-state index is 12.8. The Morgan fingerprint density at radius 2 is 2.11 bits per heavy atom. The summed E-state index contributed by atoms with van der Waals surface area (Å²) in [4.78, 5) is 25.0. The standard InChI is InChI=1S/C22H26BNO4/c1-12-4-5-15(9-19-14(3)21(25)10-18(12)19)13(2)22(26)24-17-6-7-20-16(8-17)11-28-23(20)27/h6-8,12,15,18,27H,2,4-5,9-11H2,1,3H3,(H,24,26)/t12-,15+,18-/m0/s1. The second-order valence-electron chi connectivity index (χ2n) is 8.40. The monoisotopic (exact) mass is 379 g/mol. The molecule has 3 aliphatic rings. The number of allylic oxidation sites excluding steroid dienone is 2. The van der Waals surface area contributed by atoms with Crippen LogP contribution in [0.1, 0.15) is 45.1 Å². The summed E-state index contributed by atoms with van der Waals surface area (Å²) < 4.78 is 5.20. The average molecular weight is 379 g/mol. The van der Waals surface area contributed by atoms with Gasteiger partial charge in [-0.3, -0.25) is 9.59 Å². The maximum absolute atomic E-state index is 12.8. The molecule has 1 saturated carbocycles. The predicted octanol–water partition coefficient (Wildman–Crippen LogP) is 2.74. The van der Waals surface area contributed by atoms with E-state index in [1.807, 2.05) is 13.0 Å². The molecule has 1 fully saturated rings. The Morgan fingerprint density at radius 3 is 2.89 bits per heavy atom. The first-order chi connectivity index (χ1) is 13.3. The number of rotatable bonds is 3. The van der Waals surface area contributed by atoms with Crippen LogP contribution in [-0.2, 0) is 20.9 Å². The molecule has 1 aliphatic heterocycles. The molecular formula is C22H26BNO4. The van der Waals surface area contributed by atoms with E-state index in [4.69, 9.17) is 4.65 Å². The molecule has 1 heterocycles. The summed E-state index contributed by atoms with van der Waals surface area (Å²) in [5.41, 5.74) is 5.01. The van der Waals surface area contributed by atoms with Crippen LogP contribution in [0.15, 0.2) is 41.5 Å². The Hall–Kier alpha value is -2.18. The molecule has 1 aromatic carbocycles. The van der Waals surface area contributed by atoms with Gasteiger partial charge in [0.2, 0.25) is 0 Å². The molecule has 0 radical (unpaired) electrons. The second-order valence-corrected chi connectivity index (χ2v) is 8.40. The Morgan fingerprint density at radius 1 is 1.32 bits per heavy atom. The number of amides is 1. The second kappa shape index (κ2) is 7.34. The highest BCUT2D eigenvalue weighted by Gasteiger charge is 2.38. The molecule has 2 N–H and O–H groups in total. The van der Waals surface area contributed by atoms with Gasteiger partial charge in [0.15, 0.2) is 5.78 Å². The van der Waals surface area contributed by atoms with Crippen molar-refractivity contribution in [1.82, 2.24) is 0 Å². The summed E-state index contributed by atoms with van der Waals surface area (Å²) >= 11 is 0. The van der Waals surface area contributed by atoms with Gasteiger partial charge < -0.3 is 15.0 Å². The van der Waals surface area contributed by atoms with Crippen molar-refractivity contribution in [3.05, 3.63) is 47.1 Å². The summed E-state index contributed by atoms with van der Waals surface area (Å²) in [6, 6.07) is 5.39. The zero-order valence-electron chi connectivity index (χ0n) is 16.5. The van der Waals surface area contributed by atoms with Crippen LogP contribution in [0.3, 0.4) is 0 Å². The van der Waals surface area contributed by atoms with Crippen molar-refractivity contribution in [1.29, 1.82) is 0 Å². The molecule has 0 unspecified atom stereocenters. The molecule has 146 valence electrons. The molecule has 4 rings (SSSR count). The first kappa shape index (κ1) is 19.2. The van der Waals surface area contributed by atoms with Crippen LogP contribution in [0.5, 0.6) is 0 Å². The van der Waals surface area contributed by atoms with Gasteiger partial charge in [0, 0.05) is 17.7 Å². The van der Waals surface area contributed by atoms with Crippen LogP contribution < -0.4 is 10.8 Å². The van der Waals surface area contributed by atoms with E-state index < -0.39 is 7.12 Å². The van der Waals surface area contributed by atoms with Gasteiger partial charge in [-0.15, -0.1) is 0 Å². The predicted molar refractivity (Wildman–Crippen MR) is 109 cm³/mol. The van der Waals surface area contributed by atoms with Crippen LogP contribution in [0, 0.1) is 17.8 Å². The molecule has 1 aromatic rings. The number of hydrogen-bond acceptors (Lipinski definition) is 4. The lowest BCUT2D eigenvalue weighted by atomic mass is 9.79. The minimum Gasteiger partial charge on any atom is -0.423 e. The van der Waals surface area contributed by atoms with Crippen molar-refractivity contribution in [2.75, 3.05) is 5.32 Å². The number of fused-ring (bicyclic) bond motifs is 2. The van der Waals surface area contributed by atoms with Crippen LogP contribution >= 0.6 is 0 Å². The van der Waals surface area contributed by atoms with Crippen LogP contribution in [0.2, 0.25) is 0 Å². The molecule has 5 nitrogen and oxygen atoms in total. The summed E-state index contributed by atoms with van der Waals surface area (Å²) in [6.45, 7) is 8.58. The zero-order chi connectivity index (χ0) is 20.0. The number of anilines is 1. The van der Waals surface area contributed by atoms with E-state index in [1.54, 1.807) is 12.1 Å². The summed E-state index contributed by atoms with van der Waals surface area (Å²) in [5, 5.41) is 12.7. The number of benzene rings is 1. The van der Waals surface area contributed by atoms with E-state index in [2.05, 4.69) is 18.8 Å². The number of Topliss-reactive ketones (excluding diaryl/α,β-unsaturated/α-hetero) is 1. The maximum Gasteiger partial charge on any atom is 0.491 e. The van der Waals surface area contributed by atoms with Gasteiger partial charge in [-0.1, -0.05) is 25.1 Å². The van der Waals surface area contributed by atoms with E-state index in [0.29, 0.717) is 36.1 Å². The van der Waals surface area contributed by atoms with Crippen molar-refractivity contribution < 1.29 is 19.3 Å². The lowest BCUT2D eigenvalue weighted by Gasteiger charge is -2.19. The third-order valence-electron chi connectivity index (χ3n) is 6.72. The number of ketones is 1. The SMILES string of the molecule is C=C(C(=O)Nc1ccc2c(c1)COB2O)[C@@H]1CC[C@H](C)[C@@H]2CC(=O)C(C)=C2C1. The molecule has 1 amide bonds. The highest BCUT2D eigenvalue weighted by atomic mass is 16.5. The van der Waals surface area contributed by atoms with E-state index in [0.717, 1.165) is 35.9 Å². The Kier molecular flexibility index (Phi) is 5.02. The third-order valence-corrected chi connectivity index (χ3v) is 6.72. The summed E-state index contributed by atoms with van der Waals surface area (Å²) in [5.74, 6) is 0.919. The van der Waals surface area contributed by atoms with E-state index in [-0.39, 0.29) is 17.6 Å².